The van der Waals surface area contributed by atoms with Crippen molar-refractivity contribution in [3.63, 3.8) is 0 Å². The summed E-state index contributed by atoms with van der Waals surface area (Å²) in [6.45, 7) is 0. The first-order valence-electron chi connectivity index (χ1n) is 34.2. The summed E-state index contributed by atoms with van der Waals surface area (Å²) in [6.07, 6.45) is 0. The van der Waals surface area contributed by atoms with E-state index < -0.39 is 0 Å². The number of furan rings is 2. The molecule has 20 rings (SSSR count). The number of nitrogens with zero attached hydrogens (tertiary/aromatic N) is 2. The number of rotatable bonds is 10. The Morgan fingerprint density at radius 3 is 1.10 bits per heavy atom. The molecule has 4 nitrogen and oxygen atoms in total. The molecule has 468 valence electrons. The number of fused-ring (bicyclic) bond motifs is 16. The highest BCUT2D eigenvalue weighted by molar-refractivity contribution is 6.22. The molecule has 100 heavy (non-hydrogen) atoms. The van der Waals surface area contributed by atoms with Gasteiger partial charge in [0.1, 0.15) is 22.3 Å². The molecule has 18 aromatic carbocycles. The lowest BCUT2D eigenvalue weighted by Crippen LogP contribution is -2.10. The van der Waals surface area contributed by atoms with E-state index in [4.69, 9.17) is 8.83 Å². The second-order valence-electron chi connectivity index (χ2n) is 25.8. The van der Waals surface area contributed by atoms with Crippen molar-refractivity contribution in [1.29, 1.82) is 0 Å². The van der Waals surface area contributed by atoms with Crippen LogP contribution in [0, 0.1) is 0 Å². The van der Waals surface area contributed by atoms with Crippen molar-refractivity contribution in [3.05, 3.63) is 376 Å². The SMILES string of the molecule is c1ccc(-c2ccc(N(c3ccc(-c4cc5ccccc5c5ccccc45)cc3)c3cccc4oc5c6ccccc6ccc5c34)cc2)cc1.c1ccc(-c2cccc(N(c3ccc(-c4ccc5c(ccc6ccccc65)c4)cc3)c3cccc4oc5c6ccccc6ccc5c34)c2)cc1. The van der Waals surface area contributed by atoms with E-state index in [1.807, 2.05) is 0 Å². The topological polar surface area (TPSA) is 32.8 Å². The largest absolute Gasteiger partial charge is 0.455 e. The molecule has 0 amide bonds. The maximum atomic E-state index is 6.63. The Morgan fingerprint density at radius 2 is 0.530 bits per heavy atom. The third-order valence-electron chi connectivity index (χ3n) is 20.1. The molecule has 0 aliphatic carbocycles. The summed E-state index contributed by atoms with van der Waals surface area (Å²) >= 11 is 0. The zero-order valence-corrected chi connectivity index (χ0v) is 54.5. The number of anilines is 6. The number of hydrogen-bond donors (Lipinski definition) is 0. The Morgan fingerprint density at radius 1 is 0.180 bits per heavy atom. The first kappa shape index (κ1) is 58.1. The van der Waals surface area contributed by atoms with Gasteiger partial charge in [0.05, 0.1) is 22.1 Å². The van der Waals surface area contributed by atoms with Crippen LogP contribution in [0.15, 0.2) is 385 Å². The van der Waals surface area contributed by atoms with Crippen molar-refractivity contribution in [2.45, 2.75) is 0 Å². The van der Waals surface area contributed by atoms with Crippen molar-refractivity contribution >= 4 is 143 Å². The summed E-state index contributed by atoms with van der Waals surface area (Å²) in [5.41, 5.74) is 19.6. The summed E-state index contributed by atoms with van der Waals surface area (Å²) in [5.74, 6) is 0. The predicted octanol–water partition coefficient (Wildman–Crippen LogP) is 27.7. The minimum absolute atomic E-state index is 0.873. The molecule has 0 atom stereocenters. The minimum atomic E-state index is 0.873. The lowest BCUT2D eigenvalue weighted by atomic mass is 9.93. The predicted molar refractivity (Wildman–Crippen MR) is 424 cm³/mol. The van der Waals surface area contributed by atoms with Crippen LogP contribution in [0.1, 0.15) is 0 Å². The fourth-order valence-corrected chi connectivity index (χ4v) is 15.3. The summed E-state index contributed by atoms with van der Waals surface area (Å²) in [4.78, 5) is 4.73. The van der Waals surface area contributed by atoms with E-state index in [1.165, 1.54) is 98.4 Å². The monoisotopic (exact) mass is 1270 g/mol. The van der Waals surface area contributed by atoms with Crippen LogP contribution in [-0.4, -0.2) is 0 Å². The maximum Gasteiger partial charge on any atom is 0.143 e. The highest BCUT2D eigenvalue weighted by atomic mass is 16.3. The van der Waals surface area contributed by atoms with Crippen molar-refractivity contribution in [3.8, 4) is 44.5 Å². The van der Waals surface area contributed by atoms with E-state index in [9.17, 15) is 0 Å². The molecular formula is C96H62N2O2. The van der Waals surface area contributed by atoms with Crippen LogP contribution in [0.2, 0.25) is 0 Å². The summed E-state index contributed by atoms with van der Waals surface area (Å²) in [7, 11) is 0. The van der Waals surface area contributed by atoms with E-state index in [0.29, 0.717) is 0 Å². The second-order valence-corrected chi connectivity index (χ2v) is 25.8. The van der Waals surface area contributed by atoms with E-state index in [2.05, 4.69) is 386 Å². The summed E-state index contributed by atoms with van der Waals surface area (Å²) in [5, 5.41) is 19.1. The molecule has 0 saturated heterocycles. The third-order valence-corrected chi connectivity index (χ3v) is 20.1. The molecule has 2 heterocycles. The number of hydrogen-bond acceptors (Lipinski definition) is 4. The molecule has 0 aliphatic rings. The average molecular weight is 1280 g/mol. The van der Waals surface area contributed by atoms with E-state index in [-0.39, 0.29) is 0 Å². The zero-order valence-electron chi connectivity index (χ0n) is 54.5. The van der Waals surface area contributed by atoms with Crippen molar-refractivity contribution < 1.29 is 8.83 Å². The fraction of sp³-hybridized carbons (Fsp3) is 0. The van der Waals surface area contributed by atoms with Gasteiger partial charge in [-0.3, -0.25) is 0 Å². The van der Waals surface area contributed by atoms with Gasteiger partial charge in [-0.2, -0.15) is 0 Å². The van der Waals surface area contributed by atoms with E-state index >= 15 is 0 Å². The molecule has 0 radical (unpaired) electrons. The van der Waals surface area contributed by atoms with Gasteiger partial charge in [-0.05, 0) is 195 Å². The minimum Gasteiger partial charge on any atom is -0.455 e. The van der Waals surface area contributed by atoms with Crippen LogP contribution in [0.4, 0.5) is 34.1 Å². The Kier molecular flexibility index (Phi) is 14.2. The van der Waals surface area contributed by atoms with Crippen LogP contribution in [0.25, 0.3) is 153 Å². The van der Waals surface area contributed by atoms with Crippen molar-refractivity contribution in [1.82, 2.24) is 0 Å². The summed E-state index contributed by atoms with van der Waals surface area (Å²) < 4.78 is 13.3. The molecular weight excluding hydrogens is 1210 g/mol. The molecule has 20 aromatic rings. The first-order valence-corrected chi connectivity index (χ1v) is 34.2. The molecule has 0 spiro atoms. The molecule has 4 heteroatoms. The van der Waals surface area contributed by atoms with E-state index in [1.54, 1.807) is 0 Å². The van der Waals surface area contributed by atoms with Gasteiger partial charge in [-0.15, -0.1) is 0 Å². The first-order chi connectivity index (χ1) is 49.6. The lowest BCUT2D eigenvalue weighted by Gasteiger charge is -2.27. The summed E-state index contributed by atoms with van der Waals surface area (Å²) in [6, 6.07) is 135. The average Bonchev–Trinajstić information content (AvgIpc) is 1.56. The van der Waals surface area contributed by atoms with Crippen molar-refractivity contribution in [2.75, 3.05) is 9.80 Å². The van der Waals surface area contributed by atoms with Crippen LogP contribution >= 0.6 is 0 Å². The molecule has 0 unspecified atom stereocenters. The van der Waals surface area contributed by atoms with Gasteiger partial charge in [0.25, 0.3) is 0 Å². The van der Waals surface area contributed by atoms with Gasteiger partial charge in [-0.1, -0.05) is 279 Å². The van der Waals surface area contributed by atoms with Crippen LogP contribution < -0.4 is 9.80 Å². The normalized spacial score (nSPS) is 11.6. The standard InChI is InChI=1S/2C48H31NO/c1-2-11-32(12-3-1)33-21-26-37(27-22-33)49(45-19-10-20-46-47(45)43-30-25-34-13-4-7-16-40(34)48(43)50-46)38-28-23-35(24-29-38)44-31-36-14-5-6-15-39(36)41-17-8-9-18-42(41)44;1-2-10-32(11-3-1)36-14-8-15-40(31-36)49(45-18-9-19-46-47(45)44-29-24-35-13-5-7-17-43(35)48(44)50-46)39-26-22-33(23-27-39)37-25-28-42-38(30-37)21-20-34-12-4-6-16-41(34)42/h2*1-31H. The van der Waals surface area contributed by atoms with Gasteiger partial charge >= 0.3 is 0 Å². The molecule has 0 aliphatic heterocycles. The Balaban J connectivity index is 0.000000139. The molecule has 0 N–H and O–H groups in total. The zero-order chi connectivity index (χ0) is 66.0. The third kappa shape index (κ3) is 10.2. The van der Waals surface area contributed by atoms with Gasteiger partial charge in [0.15, 0.2) is 0 Å². The highest BCUT2D eigenvalue weighted by Gasteiger charge is 2.24. The van der Waals surface area contributed by atoms with Gasteiger partial charge in [-0.25, -0.2) is 0 Å². The van der Waals surface area contributed by atoms with Gasteiger partial charge in [0, 0.05) is 44.3 Å². The molecule has 0 bridgehead atoms. The Bertz CT molecular complexity index is 6510. The Labute approximate surface area is 578 Å². The second kappa shape index (κ2) is 24.4. The maximum absolute atomic E-state index is 6.63. The molecule has 2 aromatic heterocycles. The Hall–Kier alpha value is -13.3. The highest BCUT2D eigenvalue weighted by Crippen LogP contribution is 2.48. The number of benzene rings is 18. The van der Waals surface area contributed by atoms with Gasteiger partial charge in [0.2, 0.25) is 0 Å². The van der Waals surface area contributed by atoms with E-state index in [0.717, 1.165) is 88.8 Å². The van der Waals surface area contributed by atoms with Crippen LogP contribution in [0.3, 0.4) is 0 Å². The van der Waals surface area contributed by atoms with Crippen molar-refractivity contribution in [2.24, 2.45) is 0 Å². The quantitative estimate of drug-likeness (QED) is 0.128. The molecule has 0 fully saturated rings. The van der Waals surface area contributed by atoms with Crippen LogP contribution in [0.5, 0.6) is 0 Å². The lowest BCUT2D eigenvalue weighted by molar-refractivity contribution is 0.672. The van der Waals surface area contributed by atoms with Crippen LogP contribution in [-0.2, 0) is 0 Å². The fourth-order valence-electron chi connectivity index (χ4n) is 15.3. The van der Waals surface area contributed by atoms with Gasteiger partial charge < -0.3 is 18.6 Å². The smallest absolute Gasteiger partial charge is 0.143 e. The molecule has 0 saturated carbocycles.